The molecule has 1 unspecified atom stereocenters. The number of hydrogen-bond donors (Lipinski definition) is 0. The van der Waals surface area contributed by atoms with Gasteiger partial charge in [-0.2, -0.15) is 5.26 Å². The molecule has 4 aromatic heterocycles. The normalized spacial score (nSPS) is 18.3. The van der Waals surface area contributed by atoms with E-state index in [1.54, 1.807) is 35.2 Å². The highest BCUT2D eigenvalue weighted by Crippen LogP contribution is 2.29. The Kier molecular flexibility index (Phi) is 5.19. The van der Waals surface area contributed by atoms with Gasteiger partial charge in [0.05, 0.1) is 35.8 Å². The van der Waals surface area contributed by atoms with E-state index in [1.807, 2.05) is 0 Å². The van der Waals surface area contributed by atoms with Gasteiger partial charge < -0.3 is 4.90 Å². The van der Waals surface area contributed by atoms with Crippen molar-refractivity contribution in [1.29, 1.82) is 5.26 Å². The van der Waals surface area contributed by atoms with Gasteiger partial charge in [-0.1, -0.05) is 6.07 Å². The largest absolute Gasteiger partial charge is 0.363 e. The second-order valence-corrected chi connectivity index (χ2v) is 9.29. The molecule has 5 rings (SSSR count). The summed E-state index contributed by atoms with van der Waals surface area (Å²) < 4.78 is 3.29. The van der Waals surface area contributed by atoms with E-state index < -0.39 is 0 Å². The second-order valence-electron chi connectivity index (χ2n) is 8.39. The molecule has 1 aliphatic heterocycles. The van der Waals surface area contributed by atoms with Crippen molar-refractivity contribution in [2.45, 2.75) is 32.4 Å². The van der Waals surface area contributed by atoms with Gasteiger partial charge in [-0.3, -0.25) is 9.69 Å². The molecule has 0 N–H and O–H groups in total. The number of anilines is 1. The maximum absolute atomic E-state index is 12.6. The number of aryl methyl sites for hydroxylation is 1. The lowest BCUT2D eigenvalue weighted by Gasteiger charge is -2.43. The van der Waals surface area contributed by atoms with Gasteiger partial charge in [-0.25, -0.2) is 19.2 Å². The molecule has 0 aliphatic carbocycles. The molecule has 0 spiro atoms. The average Bonchev–Trinajstić information content (AvgIpc) is 3.43. The molecule has 5 heterocycles. The molecular weight excluding hydrogens is 422 g/mol. The Bertz CT molecular complexity index is 1400. The molecule has 0 radical (unpaired) electrons. The number of hydrogen-bond acceptors (Lipinski definition) is 7. The van der Waals surface area contributed by atoms with Crippen LogP contribution in [-0.2, 0) is 13.5 Å². The van der Waals surface area contributed by atoms with E-state index in [0.717, 1.165) is 41.5 Å². The van der Waals surface area contributed by atoms with Gasteiger partial charge in [0.25, 0.3) is 5.56 Å². The molecule has 0 amide bonds. The minimum absolute atomic E-state index is 0.0927. The number of fused-ring (bicyclic) bond motifs is 2. The second kappa shape index (κ2) is 8.04. The van der Waals surface area contributed by atoms with Crippen LogP contribution in [0, 0.1) is 11.3 Å². The summed E-state index contributed by atoms with van der Waals surface area (Å²) in [5.74, 6) is 0. The maximum atomic E-state index is 12.6. The van der Waals surface area contributed by atoms with E-state index >= 15 is 0 Å². The predicted molar refractivity (Wildman–Crippen MR) is 126 cm³/mol. The van der Waals surface area contributed by atoms with Gasteiger partial charge in [-0.15, -0.1) is 11.3 Å². The minimum atomic E-state index is -0.0927. The summed E-state index contributed by atoms with van der Waals surface area (Å²) in [6.07, 6.45) is 2.00. The third-order valence-electron chi connectivity index (χ3n) is 6.41. The van der Waals surface area contributed by atoms with Crippen molar-refractivity contribution in [2.24, 2.45) is 7.05 Å². The molecule has 8 nitrogen and oxygen atoms in total. The molecule has 0 saturated carbocycles. The number of rotatable bonds is 4. The summed E-state index contributed by atoms with van der Waals surface area (Å²) in [7, 11) is 1.72. The van der Waals surface area contributed by atoms with Gasteiger partial charge in [0.15, 0.2) is 5.65 Å². The first-order valence-electron chi connectivity index (χ1n) is 10.8. The Balaban J connectivity index is 1.42. The summed E-state index contributed by atoms with van der Waals surface area (Å²) in [6.45, 7) is 6.91. The third kappa shape index (κ3) is 3.45. The van der Waals surface area contributed by atoms with Crippen LogP contribution in [0.1, 0.15) is 31.3 Å². The summed E-state index contributed by atoms with van der Waals surface area (Å²) in [5, 5.41) is 12.3. The van der Waals surface area contributed by atoms with Crippen molar-refractivity contribution in [1.82, 2.24) is 24.1 Å². The number of nitrogens with zero attached hydrogens (tertiary/aromatic N) is 7. The number of imidazole rings is 1. The quantitative estimate of drug-likeness (QED) is 0.478. The molecular formula is C23H25N7OS. The first-order chi connectivity index (χ1) is 15.5. The highest BCUT2D eigenvalue weighted by Gasteiger charge is 2.30. The Morgan fingerprint density at radius 1 is 1.28 bits per heavy atom. The predicted octanol–water partition coefficient (Wildman–Crippen LogP) is 2.98. The van der Waals surface area contributed by atoms with E-state index in [0.29, 0.717) is 5.69 Å². The van der Waals surface area contributed by atoms with Crippen molar-refractivity contribution in [3.05, 3.63) is 57.6 Å². The zero-order valence-electron chi connectivity index (χ0n) is 18.4. The Morgan fingerprint density at radius 3 is 2.91 bits per heavy atom. The first-order valence-corrected chi connectivity index (χ1v) is 11.6. The third-order valence-corrected chi connectivity index (χ3v) is 7.23. The van der Waals surface area contributed by atoms with E-state index in [2.05, 4.69) is 58.3 Å². The van der Waals surface area contributed by atoms with Crippen LogP contribution in [0.5, 0.6) is 0 Å². The molecule has 164 valence electrons. The topological polar surface area (TPSA) is 82.5 Å². The smallest absolute Gasteiger partial charge is 0.267 e. The SMILES string of the molecule is CC(c1ccc2ccsc2n1)N1CCN(c2cc(=O)n(C)n3cc(CC#N)nc23)[C@@H](C)C1. The van der Waals surface area contributed by atoms with Crippen molar-refractivity contribution in [2.75, 3.05) is 24.5 Å². The van der Waals surface area contributed by atoms with Crippen LogP contribution in [-0.4, -0.2) is 49.7 Å². The zero-order valence-corrected chi connectivity index (χ0v) is 19.2. The lowest BCUT2D eigenvalue weighted by atomic mass is 10.1. The number of nitriles is 1. The zero-order chi connectivity index (χ0) is 22.4. The van der Waals surface area contributed by atoms with E-state index in [9.17, 15) is 4.79 Å². The maximum Gasteiger partial charge on any atom is 0.267 e. The van der Waals surface area contributed by atoms with Crippen molar-refractivity contribution >= 4 is 32.9 Å². The van der Waals surface area contributed by atoms with Gasteiger partial charge in [0.2, 0.25) is 0 Å². The molecule has 32 heavy (non-hydrogen) atoms. The van der Waals surface area contributed by atoms with Gasteiger partial charge in [0.1, 0.15) is 4.83 Å². The number of piperazine rings is 1. The summed E-state index contributed by atoms with van der Waals surface area (Å²) in [4.78, 5) is 27.9. The Morgan fingerprint density at radius 2 is 2.12 bits per heavy atom. The highest BCUT2D eigenvalue weighted by molar-refractivity contribution is 7.16. The van der Waals surface area contributed by atoms with Crippen molar-refractivity contribution in [3.63, 3.8) is 0 Å². The highest BCUT2D eigenvalue weighted by atomic mass is 32.1. The molecule has 9 heteroatoms. The monoisotopic (exact) mass is 447 g/mol. The van der Waals surface area contributed by atoms with Crippen LogP contribution < -0.4 is 10.5 Å². The van der Waals surface area contributed by atoms with E-state index in [4.69, 9.17) is 10.2 Å². The summed E-state index contributed by atoms with van der Waals surface area (Å²) in [6, 6.07) is 10.6. The van der Waals surface area contributed by atoms with Crippen LogP contribution >= 0.6 is 11.3 Å². The van der Waals surface area contributed by atoms with Crippen molar-refractivity contribution < 1.29 is 0 Å². The van der Waals surface area contributed by atoms with E-state index in [1.165, 1.54) is 10.1 Å². The van der Waals surface area contributed by atoms with E-state index in [-0.39, 0.29) is 24.1 Å². The average molecular weight is 448 g/mol. The fraction of sp³-hybridized carbons (Fsp3) is 0.391. The Hall–Kier alpha value is -3.22. The molecule has 4 aromatic rings. The first kappa shape index (κ1) is 20.7. The minimum Gasteiger partial charge on any atom is -0.363 e. The Labute approximate surface area is 189 Å². The van der Waals surface area contributed by atoms with Crippen LogP contribution in [0.2, 0.25) is 0 Å². The number of thiophene rings is 1. The van der Waals surface area contributed by atoms with Gasteiger partial charge >= 0.3 is 0 Å². The molecule has 0 bridgehead atoms. The lowest BCUT2D eigenvalue weighted by molar-refractivity contribution is 0.173. The van der Waals surface area contributed by atoms with Crippen molar-refractivity contribution in [3.8, 4) is 6.07 Å². The molecule has 0 aromatic carbocycles. The molecule has 1 saturated heterocycles. The van der Waals surface area contributed by atoms with Crippen LogP contribution in [0.4, 0.5) is 5.69 Å². The van der Waals surface area contributed by atoms with Gasteiger partial charge in [-0.05, 0) is 31.4 Å². The summed E-state index contributed by atoms with van der Waals surface area (Å²) >= 11 is 1.67. The van der Waals surface area contributed by atoms with Crippen LogP contribution in [0.3, 0.4) is 0 Å². The van der Waals surface area contributed by atoms with Crippen LogP contribution in [0.15, 0.2) is 40.6 Å². The summed E-state index contributed by atoms with van der Waals surface area (Å²) in [5.41, 5.74) is 3.21. The molecule has 1 aliphatic rings. The number of aromatic nitrogens is 4. The fourth-order valence-corrected chi connectivity index (χ4v) is 5.33. The molecule has 2 atom stereocenters. The molecule has 1 fully saturated rings. The number of pyridine rings is 1. The fourth-order valence-electron chi connectivity index (χ4n) is 4.55. The lowest BCUT2D eigenvalue weighted by Crippen LogP contribution is -2.53. The van der Waals surface area contributed by atoms with Crippen LogP contribution in [0.25, 0.3) is 15.9 Å². The van der Waals surface area contributed by atoms with Gasteiger partial charge in [0, 0.05) is 50.2 Å². The standard InChI is InChI=1S/C23H25N7OS/c1-15-13-28(16(2)19-5-4-17-7-11-32-23(17)26-19)9-10-29(15)20-12-21(31)27(3)30-14-18(6-8-24)25-22(20)30/h4-5,7,11-12,14-16H,6,9-10,13H2,1-3H3/t15-,16?/m0/s1.